The van der Waals surface area contributed by atoms with Crippen LogP contribution < -0.4 is 10.6 Å². The molecule has 3 aromatic rings. The third-order valence-corrected chi connectivity index (χ3v) is 7.62. The molecule has 0 saturated carbocycles. The summed E-state index contributed by atoms with van der Waals surface area (Å²) in [6.45, 7) is 4.15. The van der Waals surface area contributed by atoms with Gasteiger partial charge in [-0.3, -0.25) is 4.79 Å². The third-order valence-electron chi connectivity index (χ3n) is 6.88. The first-order valence-corrected chi connectivity index (χ1v) is 12.4. The normalized spacial score (nSPS) is 20.9. The van der Waals surface area contributed by atoms with Crippen LogP contribution in [0.25, 0.3) is 0 Å². The van der Waals surface area contributed by atoms with Crippen molar-refractivity contribution >= 4 is 29.0 Å². The van der Waals surface area contributed by atoms with Crippen molar-refractivity contribution in [2.24, 2.45) is 5.92 Å². The number of benzene rings is 3. The van der Waals surface area contributed by atoms with E-state index in [9.17, 15) is 4.79 Å². The summed E-state index contributed by atoms with van der Waals surface area (Å²) in [6.07, 6.45) is 7.75. The van der Waals surface area contributed by atoms with E-state index >= 15 is 0 Å². The molecule has 162 valence electrons. The van der Waals surface area contributed by atoms with Crippen molar-refractivity contribution in [2.45, 2.75) is 37.1 Å². The Morgan fingerprint density at radius 1 is 1.03 bits per heavy atom. The molecule has 1 amide bonds. The first-order valence-electron chi connectivity index (χ1n) is 11.1. The summed E-state index contributed by atoms with van der Waals surface area (Å²) >= 11 is 1.76. The molecular formula is C28H28N2OS. The molecule has 0 saturated heterocycles. The number of anilines is 2. The molecule has 0 fully saturated rings. The van der Waals surface area contributed by atoms with E-state index in [1.54, 1.807) is 11.8 Å². The standard InChI is InChI=1S/C28H28N2OS/c1-17-10-13-20(16-18(17)2)29-28(31)25-9-5-8-24-22-6-4-7-23(22)26(30-27(24)25)19-11-14-21(32-3)15-12-19/h4-6,8-16,22-23,26,30H,7H2,1-3H3,(H,29,31). The zero-order chi connectivity index (χ0) is 22.2. The minimum Gasteiger partial charge on any atom is -0.377 e. The summed E-state index contributed by atoms with van der Waals surface area (Å²) in [4.78, 5) is 14.6. The fraction of sp³-hybridized carbons (Fsp3) is 0.250. The van der Waals surface area contributed by atoms with Gasteiger partial charge in [-0.15, -0.1) is 11.8 Å². The van der Waals surface area contributed by atoms with Crippen LogP contribution in [0, 0.1) is 19.8 Å². The van der Waals surface area contributed by atoms with Gasteiger partial charge in [-0.1, -0.05) is 42.5 Å². The monoisotopic (exact) mass is 440 g/mol. The minimum atomic E-state index is -0.0745. The van der Waals surface area contributed by atoms with E-state index in [0.29, 0.717) is 17.4 Å². The van der Waals surface area contributed by atoms with E-state index in [0.717, 1.165) is 17.8 Å². The fourth-order valence-electron chi connectivity index (χ4n) is 4.97. The second-order valence-electron chi connectivity index (χ2n) is 8.77. The lowest BCUT2D eigenvalue weighted by Crippen LogP contribution is -2.30. The Labute approximate surface area is 194 Å². The molecule has 32 heavy (non-hydrogen) atoms. The summed E-state index contributed by atoms with van der Waals surface area (Å²) in [5, 5.41) is 6.88. The summed E-state index contributed by atoms with van der Waals surface area (Å²) in [7, 11) is 0. The topological polar surface area (TPSA) is 41.1 Å². The Morgan fingerprint density at radius 3 is 2.59 bits per heavy atom. The van der Waals surface area contributed by atoms with Gasteiger partial charge in [0.05, 0.1) is 17.3 Å². The van der Waals surface area contributed by atoms with Gasteiger partial charge >= 0.3 is 0 Å². The van der Waals surface area contributed by atoms with Crippen LogP contribution in [0.5, 0.6) is 0 Å². The zero-order valence-corrected chi connectivity index (χ0v) is 19.5. The summed E-state index contributed by atoms with van der Waals surface area (Å²) in [6, 6.07) is 21.1. The van der Waals surface area contributed by atoms with Crippen molar-refractivity contribution in [3.05, 3.63) is 101 Å². The zero-order valence-electron chi connectivity index (χ0n) is 18.7. The van der Waals surface area contributed by atoms with Gasteiger partial charge in [-0.05, 0) is 85.0 Å². The largest absolute Gasteiger partial charge is 0.377 e. The van der Waals surface area contributed by atoms with Gasteiger partial charge in [0, 0.05) is 16.5 Å². The molecule has 1 aliphatic heterocycles. The Kier molecular flexibility index (Phi) is 5.56. The van der Waals surface area contributed by atoms with Gasteiger partial charge in [0.25, 0.3) is 5.91 Å². The van der Waals surface area contributed by atoms with E-state index in [1.165, 1.54) is 27.1 Å². The Hall–Kier alpha value is -2.98. The Bertz CT molecular complexity index is 1200. The van der Waals surface area contributed by atoms with Gasteiger partial charge < -0.3 is 10.6 Å². The molecule has 1 heterocycles. The average molecular weight is 441 g/mol. The van der Waals surface area contributed by atoms with Crippen molar-refractivity contribution in [3.63, 3.8) is 0 Å². The number of para-hydroxylation sites is 1. The van der Waals surface area contributed by atoms with Crippen LogP contribution >= 0.6 is 11.8 Å². The number of thioether (sulfide) groups is 1. The van der Waals surface area contributed by atoms with Crippen LogP contribution in [0.3, 0.4) is 0 Å². The first kappa shape index (κ1) is 20.9. The Morgan fingerprint density at radius 2 is 1.84 bits per heavy atom. The quantitative estimate of drug-likeness (QED) is 0.336. The van der Waals surface area contributed by atoms with Gasteiger partial charge in [-0.2, -0.15) is 0 Å². The van der Waals surface area contributed by atoms with Crippen molar-refractivity contribution in [1.29, 1.82) is 0 Å². The van der Waals surface area contributed by atoms with Gasteiger partial charge in [0.15, 0.2) is 0 Å². The molecule has 3 aromatic carbocycles. The SMILES string of the molecule is CSc1ccc(C2Nc3c(C(=O)Nc4ccc(C)c(C)c4)cccc3C3C=CCC32)cc1. The van der Waals surface area contributed by atoms with Crippen LogP contribution in [0.4, 0.5) is 11.4 Å². The molecule has 2 N–H and O–H groups in total. The highest BCUT2D eigenvalue weighted by Crippen LogP contribution is 2.50. The van der Waals surface area contributed by atoms with Crippen LogP contribution in [-0.2, 0) is 0 Å². The summed E-state index contributed by atoms with van der Waals surface area (Å²) in [5.41, 5.74) is 7.37. The lowest BCUT2D eigenvalue weighted by Gasteiger charge is -2.38. The van der Waals surface area contributed by atoms with E-state index in [-0.39, 0.29) is 11.9 Å². The van der Waals surface area contributed by atoms with Crippen molar-refractivity contribution in [3.8, 4) is 0 Å². The molecule has 0 radical (unpaired) electrons. The summed E-state index contributed by atoms with van der Waals surface area (Å²) in [5.74, 6) is 0.709. The lowest BCUT2D eigenvalue weighted by atomic mass is 9.76. The molecule has 4 heteroatoms. The third kappa shape index (κ3) is 3.73. The van der Waals surface area contributed by atoms with Gasteiger partial charge in [-0.25, -0.2) is 0 Å². The van der Waals surface area contributed by atoms with Crippen molar-refractivity contribution in [2.75, 3.05) is 16.9 Å². The maximum Gasteiger partial charge on any atom is 0.257 e. The molecule has 1 aliphatic carbocycles. The van der Waals surface area contributed by atoms with Crippen LogP contribution in [0.2, 0.25) is 0 Å². The average Bonchev–Trinajstić information content (AvgIpc) is 3.31. The lowest BCUT2D eigenvalue weighted by molar-refractivity contribution is 0.102. The molecule has 2 aliphatic rings. The van der Waals surface area contributed by atoms with Crippen LogP contribution in [0.15, 0.2) is 77.7 Å². The highest BCUT2D eigenvalue weighted by molar-refractivity contribution is 7.98. The molecule has 0 bridgehead atoms. The molecule has 0 spiro atoms. The van der Waals surface area contributed by atoms with E-state index in [2.05, 4.69) is 73.2 Å². The fourth-order valence-corrected chi connectivity index (χ4v) is 5.38. The van der Waals surface area contributed by atoms with Crippen LogP contribution in [0.1, 0.15) is 51.0 Å². The Balaban J connectivity index is 1.50. The highest BCUT2D eigenvalue weighted by atomic mass is 32.2. The maximum absolute atomic E-state index is 13.3. The molecule has 5 rings (SSSR count). The number of carbonyl (C=O) groups excluding carboxylic acids is 1. The van der Waals surface area contributed by atoms with E-state index in [1.807, 2.05) is 30.3 Å². The van der Waals surface area contributed by atoms with E-state index < -0.39 is 0 Å². The number of allylic oxidation sites excluding steroid dienone is 2. The molecular weight excluding hydrogens is 412 g/mol. The number of fused-ring (bicyclic) bond motifs is 3. The number of hydrogen-bond donors (Lipinski definition) is 2. The second-order valence-corrected chi connectivity index (χ2v) is 9.65. The molecule has 0 aromatic heterocycles. The van der Waals surface area contributed by atoms with E-state index in [4.69, 9.17) is 0 Å². The van der Waals surface area contributed by atoms with Crippen molar-refractivity contribution in [1.82, 2.24) is 0 Å². The maximum atomic E-state index is 13.3. The number of carbonyl (C=O) groups is 1. The highest BCUT2D eigenvalue weighted by Gasteiger charge is 2.39. The predicted octanol–water partition coefficient (Wildman–Crippen LogP) is 7.10. The van der Waals surface area contributed by atoms with Gasteiger partial charge in [0.1, 0.15) is 0 Å². The molecule has 3 nitrogen and oxygen atoms in total. The number of amides is 1. The van der Waals surface area contributed by atoms with Crippen LogP contribution in [-0.4, -0.2) is 12.2 Å². The number of hydrogen-bond acceptors (Lipinski definition) is 3. The molecule has 3 unspecified atom stereocenters. The second kappa shape index (κ2) is 8.51. The first-order chi connectivity index (χ1) is 15.5. The minimum absolute atomic E-state index is 0.0745. The molecule has 3 atom stereocenters. The van der Waals surface area contributed by atoms with Crippen molar-refractivity contribution < 1.29 is 4.79 Å². The van der Waals surface area contributed by atoms with Gasteiger partial charge in [0.2, 0.25) is 0 Å². The number of nitrogens with one attached hydrogen (secondary N) is 2. The number of aryl methyl sites for hydroxylation is 2. The number of rotatable bonds is 4. The predicted molar refractivity (Wildman–Crippen MR) is 135 cm³/mol. The summed E-state index contributed by atoms with van der Waals surface area (Å²) < 4.78 is 0. The smallest absolute Gasteiger partial charge is 0.257 e.